The van der Waals surface area contributed by atoms with Gasteiger partial charge in [0.1, 0.15) is 6.10 Å². The zero-order valence-electron chi connectivity index (χ0n) is 11.3. The Labute approximate surface area is 112 Å². The summed E-state index contributed by atoms with van der Waals surface area (Å²) < 4.78 is 4.93. The van der Waals surface area contributed by atoms with E-state index in [0.717, 1.165) is 5.56 Å². The minimum Gasteiger partial charge on any atom is -0.372 e. The molecule has 102 valence electrons. The molecule has 0 saturated heterocycles. The van der Waals surface area contributed by atoms with Gasteiger partial charge in [-0.2, -0.15) is 0 Å². The molecule has 0 aliphatic heterocycles. The van der Waals surface area contributed by atoms with Crippen molar-refractivity contribution < 1.29 is 14.3 Å². The number of carbonyl (C=O) groups excluding carboxylic acids is 2. The number of carbonyl (C=O) groups is 2. The molecule has 0 aliphatic rings. The second-order valence-electron chi connectivity index (χ2n) is 4.09. The third-order valence-corrected chi connectivity index (χ3v) is 2.66. The predicted octanol–water partition coefficient (Wildman–Crippen LogP) is 2.09. The van der Waals surface area contributed by atoms with Crippen molar-refractivity contribution in [1.29, 1.82) is 0 Å². The Hall–Kier alpha value is -2.14. The summed E-state index contributed by atoms with van der Waals surface area (Å²) >= 11 is 0. The second kappa shape index (κ2) is 6.70. The van der Waals surface area contributed by atoms with Gasteiger partial charge in [0, 0.05) is 18.5 Å². The zero-order valence-corrected chi connectivity index (χ0v) is 11.3. The van der Waals surface area contributed by atoms with E-state index in [1.54, 1.807) is 25.1 Å². The van der Waals surface area contributed by atoms with Gasteiger partial charge in [-0.05, 0) is 43.7 Å². The van der Waals surface area contributed by atoms with Crippen LogP contribution in [-0.4, -0.2) is 25.0 Å². The third kappa shape index (κ3) is 4.22. The fourth-order valence-corrected chi connectivity index (χ4v) is 1.42. The lowest BCUT2D eigenvalue weighted by Gasteiger charge is -2.13. The van der Waals surface area contributed by atoms with Crippen LogP contribution < -0.4 is 10.6 Å². The molecule has 0 aromatic heterocycles. The molecule has 0 bridgehead atoms. The average molecular weight is 262 g/mol. The van der Waals surface area contributed by atoms with Crippen molar-refractivity contribution in [3.05, 3.63) is 36.4 Å². The van der Waals surface area contributed by atoms with Crippen LogP contribution in [0, 0.1) is 6.92 Å². The van der Waals surface area contributed by atoms with Gasteiger partial charge in [0.25, 0.3) is 5.91 Å². The molecule has 0 radical (unpaired) electrons. The molecule has 5 nitrogen and oxygen atoms in total. The van der Waals surface area contributed by atoms with Crippen molar-refractivity contribution in [2.24, 2.45) is 0 Å². The lowest BCUT2D eigenvalue weighted by molar-refractivity contribution is -0.124. The Kier molecular flexibility index (Phi) is 5.26. The van der Waals surface area contributed by atoms with Crippen molar-refractivity contribution in [3.8, 4) is 0 Å². The van der Waals surface area contributed by atoms with Gasteiger partial charge >= 0.3 is 0 Å². The highest BCUT2D eigenvalue weighted by Crippen LogP contribution is 2.20. The van der Waals surface area contributed by atoms with Gasteiger partial charge < -0.3 is 15.4 Å². The Bertz CT molecular complexity index is 497. The number of anilines is 2. The molecule has 0 spiro atoms. The van der Waals surface area contributed by atoms with Crippen LogP contribution in [0.1, 0.15) is 12.5 Å². The predicted molar refractivity (Wildman–Crippen MR) is 75.1 cm³/mol. The van der Waals surface area contributed by atoms with E-state index < -0.39 is 6.10 Å². The van der Waals surface area contributed by atoms with Crippen LogP contribution in [-0.2, 0) is 14.3 Å². The van der Waals surface area contributed by atoms with Crippen LogP contribution in [0.5, 0.6) is 0 Å². The van der Waals surface area contributed by atoms with E-state index in [9.17, 15) is 9.59 Å². The van der Waals surface area contributed by atoms with Crippen molar-refractivity contribution in [2.75, 3.05) is 17.7 Å². The molecule has 0 unspecified atom stereocenters. The first-order valence-corrected chi connectivity index (χ1v) is 5.85. The molecule has 2 N–H and O–H groups in total. The molecule has 5 heteroatoms. The summed E-state index contributed by atoms with van der Waals surface area (Å²) in [6.45, 7) is 6.90. The number of amides is 2. The van der Waals surface area contributed by atoms with E-state index in [4.69, 9.17) is 4.74 Å². The summed E-state index contributed by atoms with van der Waals surface area (Å²) in [6.07, 6.45) is 0.685. The van der Waals surface area contributed by atoms with Gasteiger partial charge in [0.2, 0.25) is 5.91 Å². The van der Waals surface area contributed by atoms with Gasteiger partial charge in [-0.15, -0.1) is 0 Å². The number of methoxy groups -OCH3 is 1. The molecule has 1 aromatic rings. The quantitative estimate of drug-likeness (QED) is 0.798. The van der Waals surface area contributed by atoms with E-state index in [2.05, 4.69) is 17.2 Å². The average Bonchev–Trinajstić information content (AvgIpc) is 2.40. The normalized spacial score (nSPS) is 11.5. The Morgan fingerprint density at radius 3 is 2.58 bits per heavy atom. The number of rotatable bonds is 5. The first-order valence-electron chi connectivity index (χ1n) is 5.85. The van der Waals surface area contributed by atoms with Crippen LogP contribution in [0.25, 0.3) is 0 Å². The minimum atomic E-state index is -0.514. The maximum atomic E-state index is 11.7. The van der Waals surface area contributed by atoms with Crippen LogP contribution in [0.3, 0.4) is 0 Å². The van der Waals surface area contributed by atoms with E-state index in [1.807, 2.05) is 6.92 Å². The largest absolute Gasteiger partial charge is 0.372 e. The fourth-order valence-electron chi connectivity index (χ4n) is 1.42. The fraction of sp³-hybridized carbons (Fsp3) is 0.286. The van der Waals surface area contributed by atoms with E-state index in [-0.39, 0.29) is 11.8 Å². The summed E-state index contributed by atoms with van der Waals surface area (Å²) in [5, 5.41) is 5.41. The number of aryl methyl sites for hydroxylation is 1. The van der Waals surface area contributed by atoms with Crippen LogP contribution >= 0.6 is 0 Å². The summed E-state index contributed by atoms with van der Waals surface area (Å²) in [6, 6.07) is 5.21. The summed E-state index contributed by atoms with van der Waals surface area (Å²) in [4.78, 5) is 22.9. The highest BCUT2D eigenvalue weighted by molar-refractivity contribution is 5.99. The van der Waals surface area contributed by atoms with E-state index in [0.29, 0.717) is 11.4 Å². The van der Waals surface area contributed by atoms with Gasteiger partial charge in [-0.25, -0.2) is 0 Å². The lowest BCUT2D eigenvalue weighted by Crippen LogP contribution is -2.26. The molecule has 0 saturated carbocycles. The van der Waals surface area contributed by atoms with Crippen molar-refractivity contribution in [1.82, 2.24) is 0 Å². The highest BCUT2D eigenvalue weighted by atomic mass is 16.5. The maximum Gasteiger partial charge on any atom is 0.253 e. The third-order valence-electron chi connectivity index (χ3n) is 2.66. The van der Waals surface area contributed by atoms with Gasteiger partial charge in [0.05, 0.1) is 0 Å². The zero-order chi connectivity index (χ0) is 14.4. The molecule has 0 fully saturated rings. The summed E-state index contributed by atoms with van der Waals surface area (Å²) in [5.41, 5.74) is 2.18. The van der Waals surface area contributed by atoms with Crippen LogP contribution in [0.2, 0.25) is 0 Å². The smallest absolute Gasteiger partial charge is 0.253 e. The van der Waals surface area contributed by atoms with E-state index >= 15 is 0 Å². The van der Waals surface area contributed by atoms with Crippen molar-refractivity contribution in [2.45, 2.75) is 20.0 Å². The monoisotopic (exact) mass is 262 g/mol. The van der Waals surface area contributed by atoms with Crippen molar-refractivity contribution >= 4 is 23.2 Å². The number of hydrogen-bond acceptors (Lipinski definition) is 3. The van der Waals surface area contributed by atoms with Gasteiger partial charge in [-0.1, -0.05) is 6.58 Å². The molecule has 1 rings (SSSR count). The molecule has 1 atom stereocenters. The maximum absolute atomic E-state index is 11.7. The molecule has 0 heterocycles. The van der Waals surface area contributed by atoms with E-state index in [1.165, 1.54) is 13.2 Å². The molecule has 0 aliphatic carbocycles. The van der Waals surface area contributed by atoms with Crippen molar-refractivity contribution in [3.63, 3.8) is 0 Å². The number of nitrogens with one attached hydrogen (secondary N) is 2. The molecule has 19 heavy (non-hydrogen) atoms. The molecular formula is C14H18N2O3. The SMILES string of the molecule is C=CC(=O)Nc1ccc(NC(=O)[C@H](C)OC)c(C)c1. The van der Waals surface area contributed by atoms with Gasteiger partial charge in [-0.3, -0.25) is 9.59 Å². The number of ether oxygens (including phenoxy) is 1. The number of hydrogen-bond donors (Lipinski definition) is 2. The lowest BCUT2D eigenvalue weighted by atomic mass is 10.1. The topological polar surface area (TPSA) is 67.4 Å². The summed E-state index contributed by atoms with van der Waals surface area (Å²) in [7, 11) is 1.48. The van der Waals surface area contributed by atoms with Gasteiger partial charge in [0.15, 0.2) is 0 Å². The molecule has 1 aromatic carbocycles. The highest BCUT2D eigenvalue weighted by Gasteiger charge is 2.12. The Morgan fingerprint density at radius 2 is 2.05 bits per heavy atom. The first-order chi connectivity index (χ1) is 8.97. The van der Waals surface area contributed by atoms with Crippen LogP contribution in [0.4, 0.5) is 11.4 Å². The summed E-state index contributed by atoms with van der Waals surface area (Å²) in [5.74, 6) is -0.488. The second-order valence-corrected chi connectivity index (χ2v) is 4.09. The minimum absolute atomic E-state index is 0.214. The number of benzene rings is 1. The Balaban J connectivity index is 2.80. The standard InChI is InChI=1S/C14H18N2O3/c1-5-13(17)15-11-6-7-12(9(2)8-11)16-14(18)10(3)19-4/h5-8,10H,1H2,2-4H3,(H,15,17)(H,16,18)/t10-/m0/s1. The first kappa shape index (κ1) is 14.9. The van der Waals surface area contributed by atoms with Crippen LogP contribution in [0.15, 0.2) is 30.9 Å². The Morgan fingerprint density at radius 1 is 1.37 bits per heavy atom. The molecule has 2 amide bonds. The molecular weight excluding hydrogens is 244 g/mol.